The Bertz CT molecular complexity index is 1490. The number of nitrogens with zero attached hydrogens (tertiary/aromatic N) is 4. The predicted octanol–water partition coefficient (Wildman–Crippen LogP) is 5.75. The van der Waals surface area contributed by atoms with Crippen molar-refractivity contribution in [1.82, 2.24) is 19.3 Å². The molecule has 7 nitrogen and oxygen atoms in total. The molecule has 3 heterocycles. The Hall–Kier alpha value is -3.75. The molecule has 0 atom stereocenters. The van der Waals surface area contributed by atoms with Gasteiger partial charge in [-0.25, -0.2) is 9.67 Å². The first-order chi connectivity index (χ1) is 17.3. The zero-order valence-corrected chi connectivity index (χ0v) is 22.2. The number of amides is 1. The van der Waals surface area contributed by atoms with Gasteiger partial charge in [0.1, 0.15) is 12.6 Å². The first kappa shape index (κ1) is 24.0. The number of imidazole rings is 1. The van der Waals surface area contributed by atoms with Gasteiger partial charge in [0.25, 0.3) is 5.91 Å². The summed E-state index contributed by atoms with van der Waals surface area (Å²) in [6.07, 6.45) is 9.59. The first-order valence-electron chi connectivity index (χ1n) is 12.1. The second kappa shape index (κ2) is 9.71. The van der Waals surface area contributed by atoms with E-state index in [0.717, 1.165) is 51.9 Å². The van der Waals surface area contributed by atoms with Crippen molar-refractivity contribution in [1.29, 1.82) is 0 Å². The van der Waals surface area contributed by atoms with Gasteiger partial charge in [-0.3, -0.25) is 4.79 Å². The van der Waals surface area contributed by atoms with Gasteiger partial charge in [0.15, 0.2) is 0 Å². The fourth-order valence-corrected chi connectivity index (χ4v) is 4.95. The predicted molar refractivity (Wildman–Crippen MR) is 149 cm³/mol. The van der Waals surface area contributed by atoms with E-state index < -0.39 is 8.07 Å². The van der Waals surface area contributed by atoms with E-state index in [1.165, 1.54) is 0 Å². The fourth-order valence-electron chi connectivity index (χ4n) is 4.20. The monoisotopic (exact) mass is 497 g/mol. The number of anilines is 1. The number of carbonyl (C=O) groups is 1. The molecule has 1 N–H and O–H groups in total. The molecule has 0 saturated heterocycles. The van der Waals surface area contributed by atoms with Crippen molar-refractivity contribution in [3.8, 4) is 0 Å². The minimum atomic E-state index is -1.18. The number of aromatic nitrogens is 4. The van der Waals surface area contributed by atoms with E-state index in [1.54, 1.807) is 6.20 Å². The number of carbonyl (C=O) groups excluding carboxylic acids is 1. The van der Waals surface area contributed by atoms with E-state index in [0.29, 0.717) is 12.3 Å². The third kappa shape index (κ3) is 5.10. The van der Waals surface area contributed by atoms with Gasteiger partial charge >= 0.3 is 0 Å². The molecule has 0 radical (unpaired) electrons. The van der Waals surface area contributed by atoms with Crippen LogP contribution in [0.5, 0.6) is 0 Å². The lowest BCUT2D eigenvalue weighted by atomic mass is 10.0. The van der Waals surface area contributed by atoms with Crippen LogP contribution in [0.3, 0.4) is 0 Å². The van der Waals surface area contributed by atoms with Crippen LogP contribution in [0.2, 0.25) is 25.7 Å². The summed E-state index contributed by atoms with van der Waals surface area (Å²) in [6.45, 7) is 8.13. The highest BCUT2D eigenvalue weighted by molar-refractivity contribution is 6.76. The highest BCUT2D eigenvalue weighted by atomic mass is 28.3. The second-order valence-corrected chi connectivity index (χ2v) is 15.9. The summed E-state index contributed by atoms with van der Waals surface area (Å²) in [5, 5.41) is 8.82. The van der Waals surface area contributed by atoms with E-state index in [9.17, 15) is 4.79 Å². The molecule has 8 heteroatoms. The van der Waals surface area contributed by atoms with Gasteiger partial charge in [0.05, 0.1) is 11.2 Å². The minimum Gasteiger partial charge on any atom is -0.360 e. The number of hydrogen-bond acceptors (Lipinski definition) is 4. The molecular formula is C28H31N5O2Si. The summed E-state index contributed by atoms with van der Waals surface area (Å²) < 4.78 is 9.91. The van der Waals surface area contributed by atoms with Crippen LogP contribution < -0.4 is 5.32 Å². The number of nitrogens with one attached hydrogen (secondary N) is 1. The number of ether oxygens (including phenoxy) is 1. The number of hydrogen-bond donors (Lipinski definition) is 1. The SMILES string of the molecule is Cn1ccnc1C=Cc1nn(COCC[Si](C)(C)C)c2cc(C=C3C(=O)Nc4ccccc43)ccc12. The highest BCUT2D eigenvalue weighted by Crippen LogP contribution is 2.33. The largest absolute Gasteiger partial charge is 0.360 e. The molecule has 0 aliphatic carbocycles. The highest BCUT2D eigenvalue weighted by Gasteiger charge is 2.23. The Balaban J connectivity index is 1.50. The van der Waals surface area contributed by atoms with E-state index in [4.69, 9.17) is 9.84 Å². The number of para-hydroxylation sites is 1. The van der Waals surface area contributed by atoms with Crippen LogP contribution in [0.25, 0.3) is 34.7 Å². The van der Waals surface area contributed by atoms with Gasteiger partial charge in [0, 0.05) is 56.3 Å². The molecule has 1 amide bonds. The molecule has 184 valence electrons. The summed E-state index contributed by atoms with van der Waals surface area (Å²) in [7, 11) is 0.786. The molecule has 1 aliphatic rings. The lowest BCUT2D eigenvalue weighted by molar-refractivity contribution is -0.110. The fraction of sp³-hybridized carbons (Fsp3) is 0.250. The summed E-state index contributed by atoms with van der Waals surface area (Å²) in [4.78, 5) is 17.0. The van der Waals surface area contributed by atoms with Crippen molar-refractivity contribution in [3.63, 3.8) is 0 Å². The van der Waals surface area contributed by atoms with Crippen LogP contribution in [0.4, 0.5) is 5.69 Å². The van der Waals surface area contributed by atoms with E-state index in [-0.39, 0.29) is 5.91 Å². The van der Waals surface area contributed by atoms with Crippen LogP contribution in [-0.4, -0.2) is 39.9 Å². The third-order valence-corrected chi connectivity index (χ3v) is 7.99. The van der Waals surface area contributed by atoms with Crippen molar-refractivity contribution in [3.05, 3.63) is 77.5 Å². The van der Waals surface area contributed by atoms with E-state index in [1.807, 2.05) is 71.1 Å². The molecule has 0 saturated carbocycles. The Labute approximate surface area is 212 Å². The van der Waals surface area contributed by atoms with Crippen molar-refractivity contribution in [2.45, 2.75) is 32.4 Å². The molecule has 2 aromatic heterocycles. The van der Waals surface area contributed by atoms with Gasteiger partial charge in [0.2, 0.25) is 0 Å². The normalized spacial score (nSPS) is 14.8. The summed E-state index contributed by atoms with van der Waals surface area (Å²) in [5.74, 6) is 0.773. The number of aryl methyl sites for hydroxylation is 1. The Morgan fingerprint density at radius 3 is 2.72 bits per heavy atom. The van der Waals surface area contributed by atoms with Crippen LogP contribution in [0.1, 0.15) is 22.6 Å². The molecule has 5 rings (SSSR count). The molecule has 1 aliphatic heterocycles. The van der Waals surface area contributed by atoms with Crippen molar-refractivity contribution in [2.24, 2.45) is 7.05 Å². The number of rotatable bonds is 8. The average molecular weight is 498 g/mol. The zero-order valence-electron chi connectivity index (χ0n) is 21.2. The Morgan fingerprint density at radius 2 is 1.94 bits per heavy atom. The minimum absolute atomic E-state index is 0.0850. The van der Waals surface area contributed by atoms with Gasteiger partial charge < -0.3 is 14.6 Å². The molecule has 0 unspecified atom stereocenters. The Kier molecular flexibility index (Phi) is 6.47. The van der Waals surface area contributed by atoms with Gasteiger partial charge in [-0.2, -0.15) is 5.10 Å². The topological polar surface area (TPSA) is 74.0 Å². The van der Waals surface area contributed by atoms with Crippen LogP contribution in [-0.2, 0) is 23.3 Å². The molecule has 4 aromatic rings. The molecule has 0 bridgehead atoms. The maximum atomic E-state index is 12.6. The van der Waals surface area contributed by atoms with E-state index in [2.05, 4.69) is 42.1 Å². The second-order valence-electron chi connectivity index (χ2n) is 10.3. The van der Waals surface area contributed by atoms with Gasteiger partial charge in [-0.1, -0.05) is 43.9 Å². The van der Waals surface area contributed by atoms with Gasteiger partial charge in [-0.15, -0.1) is 0 Å². The first-order valence-corrected chi connectivity index (χ1v) is 15.9. The van der Waals surface area contributed by atoms with Crippen LogP contribution in [0, 0.1) is 0 Å². The van der Waals surface area contributed by atoms with Crippen molar-refractivity contribution < 1.29 is 9.53 Å². The smallest absolute Gasteiger partial charge is 0.256 e. The summed E-state index contributed by atoms with van der Waals surface area (Å²) in [6, 6.07) is 15.0. The summed E-state index contributed by atoms with van der Waals surface area (Å²) in [5.41, 5.74) is 5.18. The lowest BCUT2D eigenvalue weighted by Gasteiger charge is -2.15. The van der Waals surface area contributed by atoms with Crippen molar-refractivity contribution >= 4 is 54.4 Å². The number of benzene rings is 2. The Morgan fingerprint density at radius 1 is 1.11 bits per heavy atom. The average Bonchev–Trinajstić information content (AvgIpc) is 3.50. The zero-order chi connectivity index (χ0) is 25.3. The van der Waals surface area contributed by atoms with E-state index >= 15 is 0 Å². The molecule has 2 aromatic carbocycles. The summed E-state index contributed by atoms with van der Waals surface area (Å²) >= 11 is 0. The maximum Gasteiger partial charge on any atom is 0.256 e. The van der Waals surface area contributed by atoms with Crippen LogP contribution >= 0.6 is 0 Å². The third-order valence-electron chi connectivity index (χ3n) is 6.28. The standard InChI is InChI=1S/C28H31N5O2Si/c1-32-14-13-29-27(32)12-11-25-22-10-9-20(17-23-21-7-5-6-8-24(21)30-28(23)34)18-26(22)33(31-25)19-35-15-16-36(2,3)4/h5-14,17-18H,15-16,19H2,1-4H3,(H,30,34). The molecule has 36 heavy (non-hydrogen) atoms. The quantitative estimate of drug-likeness (QED) is 0.191. The lowest BCUT2D eigenvalue weighted by Crippen LogP contribution is -2.22. The number of fused-ring (bicyclic) bond motifs is 2. The maximum absolute atomic E-state index is 12.6. The van der Waals surface area contributed by atoms with Crippen molar-refractivity contribution in [2.75, 3.05) is 11.9 Å². The van der Waals surface area contributed by atoms with Crippen LogP contribution in [0.15, 0.2) is 54.9 Å². The molecular weight excluding hydrogens is 466 g/mol. The molecule has 0 spiro atoms. The van der Waals surface area contributed by atoms with Gasteiger partial charge in [-0.05, 0) is 48.0 Å². The molecule has 0 fully saturated rings.